The molecule has 3 N–H and O–H groups in total. The van der Waals surface area contributed by atoms with Crippen LogP contribution in [0.1, 0.15) is 18.2 Å². The summed E-state index contributed by atoms with van der Waals surface area (Å²) in [4.78, 5) is 10.7. The molecule has 0 aliphatic carbocycles. The Morgan fingerprint density at radius 3 is 2.92 bits per heavy atom. The average Bonchev–Trinajstić information content (AvgIpc) is 2.30. The van der Waals surface area contributed by atoms with Gasteiger partial charge < -0.3 is 11.1 Å². The predicted molar refractivity (Wildman–Crippen MR) is 49.0 cm³/mol. The number of aromatic nitrogens is 1. The van der Waals surface area contributed by atoms with Crippen molar-refractivity contribution in [3.8, 4) is 0 Å². The van der Waals surface area contributed by atoms with Gasteiger partial charge in [-0.1, -0.05) is 0 Å². The van der Waals surface area contributed by atoms with Gasteiger partial charge in [0.2, 0.25) is 5.91 Å². The molecule has 1 aromatic rings. The van der Waals surface area contributed by atoms with Crippen LogP contribution in [0.25, 0.3) is 0 Å². The molecular formula is C7H11N3OS. The van der Waals surface area contributed by atoms with Crippen LogP contribution in [0.15, 0.2) is 0 Å². The molecule has 0 aliphatic heterocycles. The van der Waals surface area contributed by atoms with E-state index in [2.05, 4.69) is 9.69 Å². The molecule has 1 amide bonds. The maximum atomic E-state index is 10.7. The van der Waals surface area contributed by atoms with E-state index in [4.69, 9.17) is 5.73 Å². The Bertz CT molecular complexity index is 295. The van der Waals surface area contributed by atoms with Crippen molar-refractivity contribution in [2.45, 2.75) is 20.4 Å². The molecule has 0 atom stereocenters. The maximum absolute atomic E-state index is 10.7. The van der Waals surface area contributed by atoms with E-state index < -0.39 is 0 Å². The van der Waals surface area contributed by atoms with Crippen LogP contribution in [-0.4, -0.2) is 10.3 Å². The Balaban J connectivity index is 2.91. The van der Waals surface area contributed by atoms with E-state index in [-0.39, 0.29) is 5.91 Å². The van der Waals surface area contributed by atoms with Crippen molar-refractivity contribution < 1.29 is 4.79 Å². The Kier molecular flexibility index (Phi) is 2.78. The highest BCUT2D eigenvalue weighted by Crippen LogP contribution is 2.23. The number of aryl methyl sites for hydroxylation is 1. The number of nitrogens with zero attached hydrogens (tertiary/aromatic N) is 1. The first kappa shape index (κ1) is 9.15. The molecule has 1 heterocycles. The smallest absolute Gasteiger partial charge is 0.221 e. The van der Waals surface area contributed by atoms with Crippen molar-refractivity contribution in [3.05, 3.63) is 11.3 Å². The van der Waals surface area contributed by atoms with E-state index in [0.717, 1.165) is 16.3 Å². The SMILES string of the molecule is CC(=O)Nc1snc(C)c1CN. The molecule has 0 saturated heterocycles. The predicted octanol–water partition coefficient (Wildman–Crippen LogP) is 0.869. The monoisotopic (exact) mass is 185 g/mol. The molecule has 0 aromatic carbocycles. The second kappa shape index (κ2) is 3.64. The van der Waals surface area contributed by atoms with Crippen molar-refractivity contribution in [3.63, 3.8) is 0 Å². The first-order chi connectivity index (χ1) is 5.65. The fraction of sp³-hybridized carbons (Fsp3) is 0.429. The number of nitrogens with one attached hydrogen (secondary N) is 1. The van der Waals surface area contributed by atoms with E-state index in [1.807, 2.05) is 6.92 Å². The van der Waals surface area contributed by atoms with Crippen LogP contribution in [0, 0.1) is 6.92 Å². The second-order valence-corrected chi connectivity index (χ2v) is 3.23. The van der Waals surface area contributed by atoms with Gasteiger partial charge in [0.05, 0.1) is 5.69 Å². The highest BCUT2D eigenvalue weighted by atomic mass is 32.1. The zero-order chi connectivity index (χ0) is 9.14. The summed E-state index contributed by atoms with van der Waals surface area (Å²) < 4.78 is 4.09. The molecule has 1 rings (SSSR count). The summed E-state index contributed by atoms with van der Waals surface area (Å²) in [6.07, 6.45) is 0. The molecule has 0 aliphatic rings. The number of nitrogens with two attached hydrogens (primary N) is 1. The van der Waals surface area contributed by atoms with Crippen LogP contribution >= 0.6 is 11.5 Å². The van der Waals surface area contributed by atoms with E-state index in [9.17, 15) is 4.79 Å². The third-order valence-electron chi connectivity index (χ3n) is 1.48. The Morgan fingerprint density at radius 1 is 1.75 bits per heavy atom. The molecular weight excluding hydrogens is 174 g/mol. The summed E-state index contributed by atoms with van der Waals surface area (Å²) in [5, 5.41) is 3.45. The van der Waals surface area contributed by atoms with Crippen LogP contribution in [-0.2, 0) is 11.3 Å². The minimum atomic E-state index is -0.0895. The largest absolute Gasteiger partial charge is 0.326 e. The number of amides is 1. The van der Waals surface area contributed by atoms with E-state index in [1.54, 1.807) is 0 Å². The van der Waals surface area contributed by atoms with Crippen molar-refractivity contribution >= 4 is 22.4 Å². The molecule has 0 fully saturated rings. The Morgan fingerprint density at radius 2 is 2.42 bits per heavy atom. The van der Waals surface area contributed by atoms with Gasteiger partial charge in [-0.3, -0.25) is 4.79 Å². The van der Waals surface area contributed by atoms with Crippen molar-refractivity contribution in [2.75, 3.05) is 5.32 Å². The minimum absolute atomic E-state index is 0.0895. The third-order valence-corrected chi connectivity index (χ3v) is 2.37. The summed E-state index contributed by atoms with van der Waals surface area (Å²) in [5.74, 6) is -0.0895. The van der Waals surface area contributed by atoms with Crippen LogP contribution in [0.5, 0.6) is 0 Å². The topological polar surface area (TPSA) is 68.0 Å². The summed E-state index contributed by atoms with van der Waals surface area (Å²) in [6.45, 7) is 3.76. The molecule has 1 aromatic heterocycles. The lowest BCUT2D eigenvalue weighted by Crippen LogP contribution is -2.08. The van der Waals surface area contributed by atoms with Gasteiger partial charge in [0.25, 0.3) is 0 Å². The Labute approximate surface area is 74.9 Å². The zero-order valence-electron chi connectivity index (χ0n) is 7.05. The molecule has 0 radical (unpaired) electrons. The highest BCUT2D eigenvalue weighted by Gasteiger charge is 2.09. The molecule has 0 spiro atoms. The first-order valence-corrected chi connectivity index (χ1v) is 4.35. The maximum Gasteiger partial charge on any atom is 0.221 e. The lowest BCUT2D eigenvalue weighted by Gasteiger charge is -1.99. The summed E-state index contributed by atoms with van der Waals surface area (Å²) in [5.41, 5.74) is 7.31. The van der Waals surface area contributed by atoms with Gasteiger partial charge in [-0.05, 0) is 18.5 Å². The fourth-order valence-electron chi connectivity index (χ4n) is 0.887. The van der Waals surface area contributed by atoms with Crippen molar-refractivity contribution in [1.82, 2.24) is 4.37 Å². The van der Waals surface area contributed by atoms with Crippen molar-refractivity contribution in [2.24, 2.45) is 5.73 Å². The van der Waals surface area contributed by atoms with Crippen LogP contribution in [0.2, 0.25) is 0 Å². The molecule has 0 bridgehead atoms. The molecule has 0 saturated carbocycles. The molecule has 5 heteroatoms. The van der Waals surface area contributed by atoms with Crippen LogP contribution < -0.4 is 11.1 Å². The number of carbonyl (C=O) groups excluding carboxylic acids is 1. The molecule has 12 heavy (non-hydrogen) atoms. The Hall–Kier alpha value is -0.940. The number of anilines is 1. The highest BCUT2D eigenvalue weighted by molar-refractivity contribution is 7.10. The summed E-state index contributed by atoms with van der Waals surface area (Å²) in [7, 11) is 0. The summed E-state index contributed by atoms with van der Waals surface area (Å²) >= 11 is 1.27. The number of hydrogen-bond donors (Lipinski definition) is 2. The van der Waals surface area contributed by atoms with E-state index in [0.29, 0.717) is 6.54 Å². The minimum Gasteiger partial charge on any atom is -0.326 e. The lowest BCUT2D eigenvalue weighted by molar-refractivity contribution is -0.114. The van der Waals surface area contributed by atoms with Crippen LogP contribution in [0.3, 0.4) is 0 Å². The van der Waals surface area contributed by atoms with Gasteiger partial charge in [0.15, 0.2) is 0 Å². The van der Waals surface area contributed by atoms with Gasteiger partial charge >= 0.3 is 0 Å². The quantitative estimate of drug-likeness (QED) is 0.718. The normalized spacial score (nSPS) is 9.92. The van der Waals surface area contributed by atoms with E-state index in [1.165, 1.54) is 18.5 Å². The molecule has 4 nitrogen and oxygen atoms in total. The second-order valence-electron chi connectivity index (χ2n) is 2.46. The summed E-state index contributed by atoms with van der Waals surface area (Å²) in [6, 6.07) is 0. The number of rotatable bonds is 2. The van der Waals surface area contributed by atoms with Crippen LogP contribution in [0.4, 0.5) is 5.00 Å². The number of hydrogen-bond acceptors (Lipinski definition) is 4. The fourth-order valence-corrected chi connectivity index (χ4v) is 1.76. The van der Waals surface area contributed by atoms with Gasteiger partial charge in [-0.25, -0.2) is 0 Å². The lowest BCUT2D eigenvalue weighted by atomic mass is 10.2. The van der Waals surface area contributed by atoms with Gasteiger partial charge in [-0.2, -0.15) is 4.37 Å². The van der Waals surface area contributed by atoms with Gasteiger partial charge in [-0.15, -0.1) is 0 Å². The van der Waals surface area contributed by atoms with Crippen molar-refractivity contribution in [1.29, 1.82) is 0 Å². The standard InChI is InChI=1S/C7H11N3OS/c1-4-6(3-8)7(12-10-4)9-5(2)11/h3,8H2,1-2H3,(H,9,11). The van der Waals surface area contributed by atoms with Gasteiger partial charge in [0.1, 0.15) is 5.00 Å². The number of carbonyl (C=O) groups is 1. The average molecular weight is 185 g/mol. The zero-order valence-corrected chi connectivity index (χ0v) is 7.86. The third kappa shape index (κ3) is 1.80. The first-order valence-electron chi connectivity index (χ1n) is 3.58. The van der Waals surface area contributed by atoms with Gasteiger partial charge in [0, 0.05) is 19.0 Å². The van der Waals surface area contributed by atoms with E-state index >= 15 is 0 Å². The molecule has 66 valence electrons. The molecule has 0 unspecified atom stereocenters.